The van der Waals surface area contributed by atoms with E-state index in [0.717, 1.165) is 38.6 Å². The van der Waals surface area contributed by atoms with Crippen LogP contribution in [0.15, 0.2) is 4.99 Å². The summed E-state index contributed by atoms with van der Waals surface area (Å²) in [7, 11) is 0. The second-order valence-electron chi connectivity index (χ2n) is 8.85. The quantitative estimate of drug-likeness (QED) is 0.540. The molecule has 0 spiro atoms. The van der Waals surface area contributed by atoms with Gasteiger partial charge >= 0.3 is 0 Å². The molecule has 1 unspecified atom stereocenters. The largest absolute Gasteiger partial charge is 0.357 e. The van der Waals surface area contributed by atoms with Gasteiger partial charge in [0.15, 0.2) is 5.96 Å². The van der Waals surface area contributed by atoms with Gasteiger partial charge < -0.3 is 15.5 Å². The van der Waals surface area contributed by atoms with Gasteiger partial charge in [0, 0.05) is 37.6 Å². The first-order chi connectivity index (χ1) is 13.7. The molecule has 0 radical (unpaired) electrons. The first kappa shape index (κ1) is 21.4. The van der Waals surface area contributed by atoms with Crippen molar-refractivity contribution in [1.82, 2.24) is 20.4 Å². The molecule has 6 heteroatoms. The molecule has 0 aromatic carbocycles. The Bertz CT molecular complexity index is 523. The molecule has 1 amide bonds. The van der Waals surface area contributed by atoms with Gasteiger partial charge in [-0.1, -0.05) is 32.6 Å². The fourth-order valence-corrected chi connectivity index (χ4v) is 5.22. The summed E-state index contributed by atoms with van der Waals surface area (Å²) in [4.78, 5) is 21.8. The predicted octanol–water partition coefficient (Wildman–Crippen LogP) is 2.74. The molecule has 1 saturated carbocycles. The second kappa shape index (κ2) is 10.5. The minimum atomic E-state index is 0.262. The van der Waals surface area contributed by atoms with Crippen molar-refractivity contribution in [2.75, 3.05) is 39.3 Å². The van der Waals surface area contributed by atoms with Gasteiger partial charge in [-0.25, -0.2) is 0 Å². The third-order valence-corrected chi connectivity index (χ3v) is 6.87. The number of piperidine rings is 1. The van der Waals surface area contributed by atoms with Crippen molar-refractivity contribution < 1.29 is 4.79 Å². The molecule has 1 atom stereocenters. The lowest BCUT2D eigenvalue weighted by atomic mass is 9.79. The Hall–Kier alpha value is -1.30. The van der Waals surface area contributed by atoms with E-state index in [9.17, 15) is 4.79 Å². The highest BCUT2D eigenvalue weighted by Crippen LogP contribution is 2.35. The molecule has 2 saturated heterocycles. The van der Waals surface area contributed by atoms with Crippen LogP contribution in [-0.4, -0.2) is 72.5 Å². The fourth-order valence-electron chi connectivity index (χ4n) is 5.22. The molecule has 0 aromatic rings. The van der Waals surface area contributed by atoms with Gasteiger partial charge in [0.1, 0.15) is 0 Å². The van der Waals surface area contributed by atoms with Gasteiger partial charge in [-0.3, -0.25) is 14.7 Å². The molecule has 3 rings (SSSR count). The normalized spacial score (nSPS) is 26.3. The van der Waals surface area contributed by atoms with Crippen LogP contribution in [0.4, 0.5) is 0 Å². The van der Waals surface area contributed by atoms with E-state index in [2.05, 4.69) is 22.5 Å². The average Bonchev–Trinajstić information content (AvgIpc) is 3.21. The topological polar surface area (TPSA) is 60.0 Å². The third-order valence-electron chi connectivity index (χ3n) is 6.87. The van der Waals surface area contributed by atoms with Gasteiger partial charge in [-0.15, -0.1) is 0 Å². The molecule has 160 valence electrons. The number of nitrogens with one attached hydrogen (secondary N) is 2. The molecule has 0 bridgehead atoms. The molecule has 2 heterocycles. The Labute approximate surface area is 171 Å². The molecule has 1 aliphatic carbocycles. The Morgan fingerprint density at radius 3 is 2.43 bits per heavy atom. The van der Waals surface area contributed by atoms with Gasteiger partial charge in [0.2, 0.25) is 5.91 Å². The van der Waals surface area contributed by atoms with E-state index >= 15 is 0 Å². The number of carbonyl (C=O) groups is 1. The van der Waals surface area contributed by atoms with Gasteiger partial charge in [-0.05, 0) is 52.1 Å². The van der Waals surface area contributed by atoms with Crippen LogP contribution >= 0.6 is 0 Å². The Morgan fingerprint density at radius 1 is 1.04 bits per heavy atom. The average molecular weight is 392 g/mol. The summed E-state index contributed by atoms with van der Waals surface area (Å²) < 4.78 is 0. The number of rotatable bonds is 6. The highest BCUT2D eigenvalue weighted by Gasteiger charge is 2.38. The smallest absolute Gasteiger partial charge is 0.222 e. The number of nitrogens with zero attached hydrogens (tertiary/aromatic N) is 3. The zero-order valence-corrected chi connectivity index (χ0v) is 18.1. The monoisotopic (exact) mass is 391 g/mol. The molecule has 28 heavy (non-hydrogen) atoms. The van der Waals surface area contributed by atoms with Gasteiger partial charge in [-0.2, -0.15) is 0 Å². The van der Waals surface area contributed by atoms with Crippen molar-refractivity contribution in [3.05, 3.63) is 0 Å². The maximum Gasteiger partial charge on any atom is 0.222 e. The maximum atomic E-state index is 12.0. The van der Waals surface area contributed by atoms with E-state index in [1.54, 1.807) is 0 Å². The zero-order chi connectivity index (χ0) is 19.8. The lowest BCUT2D eigenvalue weighted by molar-refractivity contribution is -0.129. The van der Waals surface area contributed by atoms with Crippen molar-refractivity contribution in [1.29, 1.82) is 0 Å². The maximum absolute atomic E-state index is 12.0. The van der Waals surface area contributed by atoms with Crippen molar-refractivity contribution in [2.45, 2.75) is 89.6 Å². The first-order valence-corrected chi connectivity index (χ1v) is 11.7. The number of guanidine groups is 1. The molecule has 3 aliphatic rings. The van der Waals surface area contributed by atoms with Crippen LogP contribution in [0.1, 0.15) is 78.1 Å². The Morgan fingerprint density at radius 2 is 1.75 bits per heavy atom. The lowest BCUT2D eigenvalue weighted by Gasteiger charge is -2.47. The number of carbonyl (C=O) groups excluding carboxylic acids is 1. The summed E-state index contributed by atoms with van der Waals surface area (Å²) in [6.45, 7) is 9.99. The molecule has 6 nitrogen and oxygen atoms in total. The minimum absolute atomic E-state index is 0.262. The molecular weight excluding hydrogens is 350 g/mol. The van der Waals surface area contributed by atoms with E-state index in [1.807, 2.05) is 11.8 Å². The molecule has 3 fully saturated rings. The molecular formula is C22H41N5O. The summed E-state index contributed by atoms with van der Waals surface area (Å²) in [5.41, 5.74) is 0.265. The van der Waals surface area contributed by atoms with E-state index in [-0.39, 0.29) is 11.4 Å². The number of likely N-dealkylation sites (tertiary alicyclic amines) is 2. The second-order valence-corrected chi connectivity index (χ2v) is 8.85. The number of hydrogen-bond donors (Lipinski definition) is 2. The third kappa shape index (κ3) is 5.40. The summed E-state index contributed by atoms with van der Waals surface area (Å²) in [6.07, 6.45) is 12.3. The molecule has 2 aliphatic heterocycles. The molecule has 2 N–H and O–H groups in total. The Kier molecular flexibility index (Phi) is 8.00. The van der Waals surface area contributed by atoms with Crippen LogP contribution in [0.5, 0.6) is 0 Å². The summed E-state index contributed by atoms with van der Waals surface area (Å²) in [5.74, 6) is 1.19. The predicted molar refractivity (Wildman–Crippen MR) is 116 cm³/mol. The van der Waals surface area contributed by atoms with Crippen LogP contribution in [0.3, 0.4) is 0 Å². The van der Waals surface area contributed by atoms with Crippen LogP contribution in [0.2, 0.25) is 0 Å². The Balaban J connectivity index is 1.63. The summed E-state index contributed by atoms with van der Waals surface area (Å²) >= 11 is 0. The van der Waals surface area contributed by atoms with Crippen molar-refractivity contribution >= 4 is 11.9 Å². The van der Waals surface area contributed by atoms with Crippen molar-refractivity contribution in [2.24, 2.45) is 4.99 Å². The minimum Gasteiger partial charge on any atom is -0.357 e. The van der Waals surface area contributed by atoms with Gasteiger partial charge in [0.05, 0.1) is 6.54 Å². The number of amides is 1. The SMILES string of the molecule is CCNC(=NCC1(N2CCCCC2)CCCCC1)NC1CCN(C(=O)CC)C1. The zero-order valence-electron chi connectivity index (χ0n) is 18.1. The standard InChI is InChI=1S/C22H41N5O/c1-3-20(28)26-16-11-19(17-26)25-21(23-4-2)24-18-22(12-7-5-8-13-22)27-14-9-6-10-15-27/h19H,3-18H2,1-2H3,(H2,23,24,25). The lowest BCUT2D eigenvalue weighted by Crippen LogP contribution is -2.55. The fraction of sp³-hybridized carbons (Fsp3) is 0.909. The van der Waals surface area contributed by atoms with Crippen LogP contribution in [-0.2, 0) is 4.79 Å². The highest BCUT2D eigenvalue weighted by atomic mass is 16.2. The van der Waals surface area contributed by atoms with E-state index in [1.165, 1.54) is 64.5 Å². The van der Waals surface area contributed by atoms with Crippen LogP contribution < -0.4 is 10.6 Å². The van der Waals surface area contributed by atoms with Crippen molar-refractivity contribution in [3.63, 3.8) is 0 Å². The van der Waals surface area contributed by atoms with Crippen molar-refractivity contribution in [3.8, 4) is 0 Å². The summed E-state index contributed by atoms with van der Waals surface area (Å²) in [6, 6.07) is 0.311. The van der Waals surface area contributed by atoms with E-state index < -0.39 is 0 Å². The van der Waals surface area contributed by atoms with Crippen LogP contribution in [0.25, 0.3) is 0 Å². The number of hydrogen-bond acceptors (Lipinski definition) is 3. The highest BCUT2D eigenvalue weighted by molar-refractivity contribution is 5.80. The van der Waals surface area contributed by atoms with Gasteiger partial charge in [0.25, 0.3) is 0 Å². The van der Waals surface area contributed by atoms with E-state index in [0.29, 0.717) is 12.5 Å². The first-order valence-electron chi connectivity index (χ1n) is 11.7. The molecule has 0 aromatic heterocycles. The summed E-state index contributed by atoms with van der Waals surface area (Å²) in [5, 5.41) is 7.06. The number of aliphatic imine (C=N–C) groups is 1. The van der Waals surface area contributed by atoms with Crippen LogP contribution in [0, 0.1) is 0 Å². The van der Waals surface area contributed by atoms with E-state index in [4.69, 9.17) is 4.99 Å².